The fourth-order valence-electron chi connectivity index (χ4n) is 2.91. The molecular weight excluding hydrogens is 252 g/mol. The second-order valence-corrected chi connectivity index (χ2v) is 5.47. The molecule has 2 rings (SSSR count). The number of aliphatic carboxylic acids is 1. The van der Waals surface area contributed by atoms with Gasteiger partial charge in [-0.05, 0) is 42.9 Å². The van der Waals surface area contributed by atoms with E-state index in [0.717, 1.165) is 24.5 Å². The highest BCUT2D eigenvalue weighted by molar-refractivity contribution is 5.86. The van der Waals surface area contributed by atoms with Crippen molar-refractivity contribution in [2.45, 2.75) is 33.1 Å². The van der Waals surface area contributed by atoms with E-state index in [1.54, 1.807) is 12.3 Å². The molecular formula is C16H22N2O2. The van der Waals surface area contributed by atoms with Crippen LogP contribution in [-0.2, 0) is 4.79 Å². The lowest BCUT2D eigenvalue weighted by Gasteiger charge is -2.27. The van der Waals surface area contributed by atoms with Gasteiger partial charge in [-0.2, -0.15) is 0 Å². The van der Waals surface area contributed by atoms with Gasteiger partial charge < -0.3 is 10.0 Å². The van der Waals surface area contributed by atoms with Gasteiger partial charge in [0.25, 0.3) is 0 Å². The molecule has 4 heteroatoms. The van der Waals surface area contributed by atoms with E-state index in [9.17, 15) is 4.79 Å². The normalized spacial score (nSPS) is 17.8. The Kier molecular flexibility index (Phi) is 4.42. The molecule has 0 aromatic carbocycles. The molecule has 1 aromatic heterocycles. The summed E-state index contributed by atoms with van der Waals surface area (Å²) in [6.07, 6.45) is 8.09. The molecule has 2 heterocycles. The molecule has 1 aromatic rings. The Morgan fingerprint density at radius 3 is 2.85 bits per heavy atom. The van der Waals surface area contributed by atoms with Gasteiger partial charge in [-0.15, -0.1) is 0 Å². The van der Waals surface area contributed by atoms with Crippen molar-refractivity contribution in [2.24, 2.45) is 5.41 Å². The molecule has 1 saturated heterocycles. The molecule has 0 amide bonds. The van der Waals surface area contributed by atoms with Gasteiger partial charge >= 0.3 is 5.97 Å². The van der Waals surface area contributed by atoms with Gasteiger partial charge in [0, 0.05) is 30.9 Å². The van der Waals surface area contributed by atoms with Crippen LogP contribution in [0.5, 0.6) is 0 Å². The number of carboxylic acids is 1. The minimum absolute atomic E-state index is 0.380. The van der Waals surface area contributed by atoms with Crippen LogP contribution in [0.1, 0.15) is 38.7 Å². The largest absolute Gasteiger partial charge is 0.478 e. The van der Waals surface area contributed by atoms with Crippen LogP contribution < -0.4 is 4.90 Å². The van der Waals surface area contributed by atoms with Crippen molar-refractivity contribution in [1.29, 1.82) is 0 Å². The highest BCUT2D eigenvalue weighted by atomic mass is 16.4. The molecule has 1 fully saturated rings. The van der Waals surface area contributed by atoms with Crippen LogP contribution in [-0.4, -0.2) is 29.1 Å². The predicted octanol–water partition coefficient (Wildman–Crippen LogP) is 3.20. The van der Waals surface area contributed by atoms with Crippen molar-refractivity contribution in [3.63, 3.8) is 0 Å². The van der Waals surface area contributed by atoms with Crippen molar-refractivity contribution in [2.75, 3.05) is 18.0 Å². The molecule has 0 saturated carbocycles. The highest BCUT2D eigenvalue weighted by Crippen LogP contribution is 2.39. The van der Waals surface area contributed by atoms with Crippen LogP contribution in [0.2, 0.25) is 0 Å². The monoisotopic (exact) mass is 274 g/mol. The van der Waals surface area contributed by atoms with E-state index in [2.05, 4.69) is 23.7 Å². The number of pyridine rings is 1. The summed E-state index contributed by atoms with van der Waals surface area (Å²) in [5.74, 6) is -0.0357. The molecule has 0 atom stereocenters. The smallest absolute Gasteiger partial charge is 0.328 e. The van der Waals surface area contributed by atoms with Gasteiger partial charge in [0.1, 0.15) is 5.82 Å². The van der Waals surface area contributed by atoms with Gasteiger partial charge in [0.05, 0.1) is 0 Å². The third-order valence-electron chi connectivity index (χ3n) is 4.46. The number of carboxylic acid groups (broad SMARTS) is 1. The number of hydrogen-bond donors (Lipinski definition) is 1. The molecule has 20 heavy (non-hydrogen) atoms. The first-order chi connectivity index (χ1) is 9.60. The lowest BCUT2D eigenvalue weighted by Crippen LogP contribution is -2.27. The summed E-state index contributed by atoms with van der Waals surface area (Å²) < 4.78 is 0. The maximum atomic E-state index is 10.7. The van der Waals surface area contributed by atoms with Crippen molar-refractivity contribution >= 4 is 17.9 Å². The number of hydrogen-bond acceptors (Lipinski definition) is 3. The summed E-state index contributed by atoms with van der Waals surface area (Å²) >= 11 is 0. The fourth-order valence-corrected chi connectivity index (χ4v) is 2.91. The molecule has 0 radical (unpaired) electrons. The average molecular weight is 274 g/mol. The predicted molar refractivity (Wildman–Crippen MR) is 80.8 cm³/mol. The Morgan fingerprint density at radius 1 is 1.50 bits per heavy atom. The van der Waals surface area contributed by atoms with Crippen LogP contribution in [0.3, 0.4) is 0 Å². The lowest BCUT2D eigenvalue weighted by atomic mass is 9.82. The van der Waals surface area contributed by atoms with Crippen LogP contribution >= 0.6 is 0 Å². The van der Waals surface area contributed by atoms with Crippen LogP contribution in [0.25, 0.3) is 6.08 Å². The zero-order valence-corrected chi connectivity index (χ0v) is 12.2. The van der Waals surface area contributed by atoms with Gasteiger partial charge in [0.2, 0.25) is 0 Å². The summed E-state index contributed by atoms with van der Waals surface area (Å²) in [4.78, 5) is 17.4. The maximum absolute atomic E-state index is 10.7. The zero-order chi connectivity index (χ0) is 14.6. The van der Waals surface area contributed by atoms with Gasteiger partial charge in [0.15, 0.2) is 0 Å². The maximum Gasteiger partial charge on any atom is 0.328 e. The van der Waals surface area contributed by atoms with E-state index in [-0.39, 0.29) is 0 Å². The van der Waals surface area contributed by atoms with E-state index in [4.69, 9.17) is 5.11 Å². The first-order valence-electron chi connectivity index (χ1n) is 7.21. The zero-order valence-electron chi connectivity index (χ0n) is 12.2. The minimum atomic E-state index is -0.933. The molecule has 0 unspecified atom stereocenters. The van der Waals surface area contributed by atoms with Gasteiger partial charge in [-0.25, -0.2) is 9.78 Å². The highest BCUT2D eigenvalue weighted by Gasteiger charge is 2.35. The third kappa shape index (κ3) is 3.00. The second-order valence-electron chi connectivity index (χ2n) is 5.47. The Morgan fingerprint density at radius 2 is 2.25 bits per heavy atom. The second kappa shape index (κ2) is 6.07. The standard InChI is InChI=1S/C16H22N2O2/c1-3-16(4-2)9-11-18(12-16)15-13(6-5-10-17-15)7-8-14(19)20/h5-8,10H,3-4,9,11-12H2,1-2H3,(H,19,20)/b8-7+. The summed E-state index contributed by atoms with van der Waals surface area (Å²) in [6, 6.07) is 3.76. The lowest BCUT2D eigenvalue weighted by molar-refractivity contribution is -0.131. The van der Waals surface area contributed by atoms with E-state index < -0.39 is 5.97 Å². The van der Waals surface area contributed by atoms with Crippen LogP contribution in [0.4, 0.5) is 5.82 Å². The summed E-state index contributed by atoms with van der Waals surface area (Å²) in [7, 11) is 0. The molecule has 1 N–H and O–H groups in total. The molecule has 0 bridgehead atoms. The first kappa shape index (κ1) is 14.6. The van der Waals surface area contributed by atoms with Crippen molar-refractivity contribution in [3.05, 3.63) is 30.0 Å². The number of nitrogens with zero attached hydrogens (tertiary/aromatic N) is 2. The Hall–Kier alpha value is -1.84. The Labute approximate surface area is 120 Å². The summed E-state index contributed by atoms with van der Waals surface area (Å²) in [6.45, 7) is 6.49. The molecule has 4 nitrogen and oxygen atoms in total. The first-order valence-corrected chi connectivity index (χ1v) is 7.21. The van der Waals surface area contributed by atoms with E-state index in [0.29, 0.717) is 5.41 Å². The fraction of sp³-hybridized carbons (Fsp3) is 0.500. The Balaban J connectivity index is 2.24. The topological polar surface area (TPSA) is 53.4 Å². The molecule has 0 spiro atoms. The SMILES string of the molecule is CCC1(CC)CCN(c2ncccc2/C=C/C(=O)O)C1. The van der Waals surface area contributed by atoms with Crippen LogP contribution in [0.15, 0.2) is 24.4 Å². The third-order valence-corrected chi connectivity index (χ3v) is 4.46. The number of aromatic nitrogens is 1. The molecule has 0 aliphatic carbocycles. The van der Waals surface area contributed by atoms with Gasteiger partial charge in [-0.1, -0.05) is 13.8 Å². The van der Waals surface area contributed by atoms with Crippen molar-refractivity contribution in [1.82, 2.24) is 4.98 Å². The average Bonchev–Trinajstić information content (AvgIpc) is 2.90. The molecule has 1 aliphatic rings. The van der Waals surface area contributed by atoms with E-state index >= 15 is 0 Å². The molecule has 1 aliphatic heterocycles. The van der Waals surface area contributed by atoms with E-state index in [1.807, 2.05) is 12.1 Å². The molecule has 108 valence electrons. The summed E-state index contributed by atoms with van der Waals surface area (Å²) in [5.41, 5.74) is 1.25. The summed E-state index contributed by atoms with van der Waals surface area (Å²) in [5, 5.41) is 8.77. The van der Waals surface area contributed by atoms with Gasteiger partial charge in [-0.3, -0.25) is 0 Å². The number of rotatable bonds is 5. The van der Waals surface area contributed by atoms with Crippen LogP contribution in [0, 0.1) is 5.41 Å². The number of anilines is 1. The van der Waals surface area contributed by atoms with Crippen molar-refractivity contribution < 1.29 is 9.90 Å². The Bertz CT molecular complexity index is 507. The minimum Gasteiger partial charge on any atom is -0.478 e. The van der Waals surface area contributed by atoms with Crippen molar-refractivity contribution in [3.8, 4) is 0 Å². The van der Waals surface area contributed by atoms with E-state index in [1.165, 1.54) is 25.3 Å². The number of carbonyl (C=O) groups is 1. The quantitative estimate of drug-likeness (QED) is 0.838.